The summed E-state index contributed by atoms with van der Waals surface area (Å²) in [4.78, 5) is 0. The smallest absolute Gasteiger partial charge is 0.121 e. The van der Waals surface area contributed by atoms with Gasteiger partial charge in [0.1, 0.15) is 5.75 Å². The number of benzene rings is 1. The van der Waals surface area contributed by atoms with Gasteiger partial charge in [-0.25, -0.2) is 5.57 Å². The summed E-state index contributed by atoms with van der Waals surface area (Å²) in [6.45, 7) is 14.7. The standard InChI is InChI=1S/C10H15.C8H10O.2ClH.Ti/c1-7-6-10(4,5)9(3)8(7)2;1-6-4-3-5-7(2)8(6)9;;;/h1-5H3;3-5,9H,1-2H3;2*1H;/q-1;;;;. The maximum atomic E-state index is 9.21. The van der Waals surface area contributed by atoms with Gasteiger partial charge in [0, 0.05) is 21.7 Å². The Morgan fingerprint density at radius 3 is 1.50 bits per heavy atom. The Morgan fingerprint density at radius 2 is 1.32 bits per heavy atom. The number of rotatable bonds is 0. The van der Waals surface area contributed by atoms with E-state index in [2.05, 4.69) is 40.7 Å². The van der Waals surface area contributed by atoms with E-state index >= 15 is 0 Å². The van der Waals surface area contributed by atoms with Crippen molar-refractivity contribution in [1.82, 2.24) is 0 Å². The summed E-state index contributed by atoms with van der Waals surface area (Å²) >= 11 is 0. The van der Waals surface area contributed by atoms with E-state index in [1.165, 1.54) is 16.7 Å². The molecule has 0 unspecified atom stereocenters. The largest absolute Gasteiger partial charge is 0.507 e. The molecule has 2 rings (SSSR count). The predicted octanol–water partition coefficient (Wildman–Crippen LogP) is 5.96. The zero-order valence-corrected chi connectivity index (χ0v) is 17.7. The average Bonchev–Trinajstić information content (AvgIpc) is 2.50. The van der Waals surface area contributed by atoms with Crippen LogP contribution in [0.2, 0.25) is 0 Å². The molecule has 0 fully saturated rings. The molecule has 0 aromatic heterocycles. The average molecular weight is 378 g/mol. The molecule has 4 heteroatoms. The number of halogens is 2. The van der Waals surface area contributed by atoms with Crippen LogP contribution >= 0.6 is 24.8 Å². The molecule has 0 heterocycles. The minimum Gasteiger partial charge on any atom is -0.507 e. The molecule has 1 aromatic rings. The number of phenolic OH excluding ortho intramolecular Hbond substituents is 1. The molecule has 1 aromatic carbocycles. The fourth-order valence-corrected chi connectivity index (χ4v) is 2.21. The third-order valence-corrected chi connectivity index (χ3v) is 4.00. The number of hydrogen-bond donors (Lipinski definition) is 1. The van der Waals surface area contributed by atoms with Crippen LogP contribution in [0.4, 0.5) is 0 Å². The van der Waals surface area contributed by atoms with Crippen LogP contribution in [0.1, 0.15) is 45.7 Å². The van der Waals surface area contributed by atoms with E-state index in [9.17, 15) is 5.11 Å². The van der Waals surface area contributed by atoms with E-state index in [4.69, 9.17) is 0 Å². The Bertz CT molecular complexity index is 526. The number of aromatic hydroxyl groups is 1. The zero-order valence-electron chi connectivity index (χ0n) is 14.5. The van der Waals surface area contributed by atoms with E-state index in [0.29, 0.717) is 5.75 Å². The second kappa shape index (κ2) is 10.5. The van der Waals surface area contributed by atoms with Crippen molar-refractivity contribution in [3.63, 3.8) is 0 Å². The van der Waals surface area contributed by atoms with Gasteiger partial charge in [-0.05, 0) is 25.0 Å². The van der Waals surface area contributed by atoms with Crippen molar-refractivity contribution < 1.29 is 26.8 Å². The van der Waals surface area contributed by atoms with Crippen molar-refractivity contribution in [2.24, 2.45) is 5.41 Å². The number of para-hydroxylation sites is 1. The molecular weight excluding hydrogens is 351 g/mol. The first-order valence-electron chi connectivity index (χ1n) is 6.72. The predicted molar refractivity (Wildman–Crippen MR) is 96.7 cm³/mol. The zero-order chi connectivity index (χ0) is 14.8. The summed E-state index contributed by atoms with van der Waals surface area (Å²) in [5, 5.41) is 9.21. The Labute approximate surface area is 163 Å². The third kappa shape index (κ3) is 6.50. The first kappa shape index (κ1) is 26.7. The van der Waals surface area contributed by atoms with Crippen LogP contribution in [0.5, 0.6) is 5.75 Å². The second-order valence-electron chi connectivity index (χ2n) is 5.87. The van der Waals surface area contributed by atoms with Crippen LogP contribution in [0.3, 0.4) is 0 Å². The topological polar surface area (TPSA) is 20.2 Å². The number of aryl methyl sites for hydroxylation is 2. The molecule has 0 radical (unpaired) electrons. The van der Waals surface area contributed by atoms with Crippen LogP contribution in [0.25, 0.3) is 0 Å². The molecule has 22 heavy (non-hydrogen) atoms. The van der Waals surface area contributed by atoms with E-state index < -0.39 is 0 Å². The molecule has 0 saturated carbocycles. The molecule has 0 atom stereocenters. The molecule has 0 amide bonds. The summed E-state index contributed by atoms with van der Waals surface area (Å²) in [6.07, 6.45) is 3.44. The van der Waals surface area contributed by atoms with E-state index in [1.54, 1.807) is 0 Å². The molecule has 1 nitrogen and oxygen atoms in total. The number of phenols is 1. The van der Waals surface area contributed by atoms with Crippen molar-refractivity contribution in [2.45, 2.75) is 48.5 Å². The maximum Gasteiger partial charge on any atom is 0.121 e. The van der Waals surface area contributed by atoms with Gasteiger partial charge in [0.15, 0.2) is 0 Å². The molecule has 1 aliphatic rings. The Kier molecular flexibility index (Phi) is 12.8. The first-order chi connectivity index (χ1) is 8.66. The summed E-state index contributed by atoms with van der Waals surface area (Å²) in [5.74, 6) is 0.414. The van der Waals surface area contributed by atoms with Gasteiger partial charge in [-0.3, -0.25) is 6.08 Å². The van der Waals surface area contributed by atoms with Gasteiger partial charge in [0.2, 0.25) is 0 Å². The van der Waals surface area contributed by atoms with Crippen molar-refractivity contribution in [3.8, 4) is 5.75 Å². The van der Waals surface area contributed by atoms with Crippen LogP contribution in [-0.4, -0.2) is 5.11 Å². The third-order valence-electron chi connectivity index (χ3n) is 4.00. The van der Waals surface area contributed by atoms with Crippen molar-refractivity contribution in [1.29, 1.82) is 0 Å². The van der Waals surface area contributed by atoms with Crippen molar-refractivity contribution in [3.05, 3.63) is 52.1 Å². The van der Waals surface area contributed by atoms with Crippen molar-refractivity contribution >= 4 is 24.8 Å². The van der Waals surface area contributed by atoms with E-state index in [0.717, 1.165) is 11.1 Å². The van der Waals surface area contributed by atoms with Crippen LogP contribution in [0, 0.1) is 25.3 Å². The van der Waals surface area contributed by atoms with Gasteiger partial charge >= 0.3 is 0 Å². The molecule has 1 N–H and O–H groups in total. The first-order valence-corrected chi connectivity index (χ1v) is 6.72. The fourth-order valence-electron chi connectivity index (χ4n) is 2.21. The van der Waals surface area contributed by atoms with Crippen LogP contribution < -0.4 is 0 Å². The van der Waals surface area contributed by atoms with Gasteiger partial charge in [-0.2, -0.15) is 11.1 Å². The summed E-state index contributed by atoms with van der Waals surface area (Å²) in [5.41, 5.74) is 6.27. The molecular formula is C18H27Cl2OTi-. The van der Waals surface area contributed by atoms with Gasteiger partial charge in [0.25, 0.3) is 0 Å². The van der Waals surface area contributed by atoms with Gasteiger partial charge in [0.05, 0.1) is 0 Å². The molecule has 124 valence electrons. The van der Waals surface area contributed by atoms with E-state index in [1.807, 2.05) is 32.0 Å². The Balaban J connectivity index is -0.000000290. The molecule has 0 aliphatic heterocycles. The van der Waals surface area contributed by atoms with Crippen LogP contribution in [0.15, 0.2) is 34.9 Å². The fraction of sp³-hybridized carbons (Fsp3) is 0.444. The van der Waals surface area contributed by atoms with E-state index in [-0.39, 0.29) is 51.9 Å². The number of hydrogen-bond acceptors (Lipinski definition) is 1. The van der Waals surface area contributed by atoms with Gasteiger partial charge in [-0.1, -0.05) is 51.3 Å². The molecule has 0 bridgehead atoms. The summed E-state index contributed by atoms with van der Waals surface area (Å²) in [7, 11) is 0. The Morgan fingerprint density at radius 1 is 0.909 bits per heavy atom. The maximum absolute atomic E-state index is 9.21. The molecule has 0 spiro atoms. The summed E-state index contributed by atoms with van der Waals surface area (Å²) < 4.78 is 0. The Hall–Kier alpha value is -0.206. The molecule has 0 saturated heterocycles. The second-order valence-corrected chi connectivity index (χ2v) is 5.87. The SMILES string of the molecule is CC1=[C-]C(C)(C)C(C)=C1C.Cc1cccc(C)c1O.Cl.Cl.[Ti]. The van der Waals surface area contributed by atoms with Crippen LogP contribution in [-0.2, 0) is 21.7 Å². The minimum atomic E-state index is 0. The normalized spacial score (nSPS) is 14.6. The van der Waals surface area contributed by atoms with Gasteiger partial charge < -0.3 is 5.11 Å². The van der Waals surface area contributed by atoms with Gasteiger partial charge in [-0.15, -0.1) is 31.7 Å². The monoisotopic (exact) mass is 377 g/mol. The summed E-state index contributed by atoms with van der Waals surface area (Å²) in [6, 6.07) is 5.72. The minimum absolute atomic E-state index is 0. The number of allylic oxidation sites excluding steroid dienone is 4. The quantitative estimate of drug-likeness (QED) is 0.436. The molecule has 1 aliphatic carbocycles. The van der Waals surface area contributed by atoms with Crippen molar-refractivity contribution in [2.75, 3.05) is 0 Å².